The molecule has 0 saturated heterocycles. The minimum atomic E-state index is -0.0717. The molecule has 1 N–H and O–H groups in total. The topological polar surface area (TPSA) is 56.1 Å². The Kier molecular flexibility index (Phi) is 3.87. The highest BCUT2D eigenvalue weighted by atomic mass is 16.1. The summed E-state index contributed by atoms with van der Waals surface area (Å²) in [4.78, 5) is 14.2. The van der Waals surface area contributed by atoms with Gasteiger partial charge in [-0.1, -0.05) is 0 Å². The zero-order valence-corrected chi connectivity index (χ0v) is 11.4. The van der Waals surface area contributed by atoms with Crippen molar-refractivity contribution in [3.63, 3.8) is 0 Å². The first-order valence-electron chi connectivity index (χ1n) is 6.53. The molecule has 1 aliphatic rings. The predicted molar refractivity (Wildman–Crippen MR) is 73.8 cm³/mol. The van der Waals surface area contributed by atoms with Crippen LogP contribution in [0.4, 0.5) is 0 Å². The molecule has 1 aromatic rings. The van der Waals surface area contributed by atoms with Crippen molar-refractivity contribution in [1.29, 1.82) is 5.26 Å². The molecule has 2 rings (SSSR count). The van der Waals surface area contributed by atoms with Crippen molar-refractivity contribution in [2.45, 2.75) is 24.8 Å². The maximum absolute atomic E-state index is 12.0. The lowest BCUT2D eigenvalue weighted by Gasteiger charge is -2.47. The van der Waals surface area contributed by atoms with Gasteiger partial charge < -0.3 is 10.2 Å². The fourth-order valence-electron chi connectivity index (χ4n) is 2.41. The Labute approximate surface area is 114 Å². The molecule has 0 atom stereocenters. The molecule has 4 heteroatoms. The molecule has 1 amide bonds. The van der Waals surface area contributed by atoms with E-state index in [0.29, 0.717) is 17.7 Å². The van der Waals surface area contributed by atoms with E-state index in [1.54, 1.807) is 24.3 Å². The van der Waals surface area contributed by atoms with Gasteiger partial charge in [0.15, 0.2) is 0 Å². The third-order valence-electron chi connectivity index (χ3n) is 4.09. The van der Waals surface area contributed by atoms with E-state index in [2.05, 4.69) is 24.3 Å². The van der Waals surface area contributed by atoms with Crippen molar-refractivity contribution < 1.29 is 4.79 Å². The molecule has 0 heterocycles. The Morgan fingerprint density at radius 3 is 2.42 bits per heavy atom. The van der Waals surface area contributed by atoms with Gasteiger partial charge in [-0.25, -0.2) is 0 Å². The first kappa shape index (κ1) is 13.6. The van der Waals surface area contributed by atoms with Gasteiger partial charge >= 0.3 is 0 Å². The number of amides is 1. The van der Waals surface area contributed by atoms with Gasteiger partial charge in [-0.15, -0.1) is 0 Å². The monoisotopic (exact) mass is 257 g/mol. The molecule has 19 heavy (non-hydrogen) atoms. The Bertz CT molecular complexity index is 495. The summed E-state index contributed by atoms with van der Waals surface area (Å²) in [6.45, 7) is 0.679. The van der Waals surface area contributed by atoms with Crippen molar-refractivity contribution in [3.05, 3.63) is 35.4 Å². The fourth-order valence-corrected chi connectivity index (χ4v) is 2.41. The number of nitrogens with zero attached hydrogens (tertiary/aromatic N) is 2. The maximum atomic E-state index is 12.0. The van der Waals surface area contributed by atoms with E-state index in [-0.39, 0.29) is 11.4 Å². The summed E-state index contributed by atoms with van der Waals surface area (Å²) < 4.78 is 0. The largest absolute Gasteiger partial charge is 0.350 e. The maximum Gasteiger partial charge on any atom is 0.251 e. The van der Waals surface area contributed by atoms with E-state index in [1.165, 1.54) is 6.42 Å². The molecular formula is C15H19N3O. The van der Waals surface area contributed by atoms with Crippen LogP contribution >= 0.6 is 0 Å². The van der Waals surface area contributed by atoms with Crippen molar-refractivity contribution in [1.82, 2.24) is 10.2 Å². The Morgan fingerprint density at radius 2 is 2.00 bits per heavy atom. The number of benzene rings is 1. The lowest BCUT2D eigenvalue weighted by Crippen LogP contribution is -2.57. The van der Waals surface area contributed by atoms with Crippen LogP contribution in [0.1, 0.15) is 35.2 Å². The van der Waals surface area contributed by atoms with Crippen LogP contribution in [0.5, 0.6) is 0 Å². The molecule has 1 aromatic carbocycles. The van der Waals surface area contributed by atoms with Crippen LogP contribution in [0, 0.1) is 11.3 Å². The number of carbonyl (C=O) groups excluding carboxylic acids is 1. The summed E-state index contributed by atoms with van der Waals surface area (Å²) in [5, 5.41) is 11.7. The van der Waals surface area contributed by atoms with Gasteiger partial charge in [0.25, 0.3) is 5.91 Å². The zero-order valence-electron chi connectivity index (χ0n) is 11.4. The van der Waals surface area contributed by atoms with E-state index in [4.69, 9.17) is 5.26 Å². The number of likely N-dealkylation sites (N-methyl/N-ethyl adjacent to an activating group) is 1. The van der Waals surface area contributed by atoms with Gasteiger partial charge in [-0.3, -0.25) is 4.79 Å². The van der Waals surface area contributed by atoms with E-state index < -0.39 is 0 Å². The van der Waals surface area contributed by atoms with Crippen molar-refractivity contribution >= 4 is 5.91 Å². The molecule has 0 radical (unpaired) electrons. The molecule has 4 nitrogen and oxygen atoms in total. The molecule has 0 aromatic heterocycles. The van der Waals surface area contributed by atoms with E-state index in [0.717, 1.165) is 12.8 Å². The average Bonchev–Trinajstić information content (AvgIpc) is 2.37. The average molecular weight is 257 g/mol. The highest BCUT2D eigenvalue weighted by Crippen LogP contribution is 2.35. The predicted octanol–water partition coefficient (Wildman–Crippen LogP) is 1.77. The van der Waals surface area contributed by atoms with Crippen LogP contribution in [0.25, 0.3) is 0 Å². The van der Waals surface area contributed by atoms with Gasteiger partial charge in [-0.05, 0) is 57.6 Å². The standard InChI is InChI=1S/C15H19N3O/c1-18(2)15(8-3-9-15)11-17-14(19)13-6-4-12(10-16)5-7-13/h4-7H,3,8-9,11H2,1-2H3,(H,17,19). The van der Waals surface area contributed by atoms with Crippen molar-refractivity contribution in [2.24, 2.45) is 0 Å². The number of nitrogens with one attached hydrogen (secondary N) is 1. The molecule has 1 aliphatic carbocycles. The van der Waals surface area contributed by atoms with Crippen LogP contribution in [0.2, 0.25) is 0 Å². The molecular weight excluding hydrogens is 238 g/mol. The summed E-state index contributed by atoms with van der Waals surface area (Å²) in [6.07, 6.45) is 3.49. The van der Waals surface area contributed by atoms with Gasteiger partial charge in [-0.2, -0.15) is 5.26 Å². The second kappa shape index (κ2) is 5.41. The highest BCUT2D eigenvalue weighted by molar-refractivity contribution is 5.94. The summed E-state index contributed by atoms with van der Waals surface area (Å²) in [7, 11) is 4.13. The molecule has 0 aliphatic heterocycles. The number of rotatable bonds is 4. The van der Waals surface area contributed by atoms with Gasteiger partial charge in [0, 0.05) is 17.6 Å². The minimum absolute atomic E-state index is 0.0717. The number of hydrogen-bond acceptors (Lipinski definition) is 3. The Hall–Kier alpha value is -1.86. The van der Waals surface area contributed by atoms with Crippen molar-refractivity contribution in [2.75, 3.05) is 20.6 Å². The Balaban J connectivity index is 1.96. The third kappa shape index (κ3) is 2.77. The van der Waals surface area contributed by atoms with E-state index in [1.807, 2.05) is 6.07 Å². The third-order valence-corrected chi connectivity index (χ3v) is 4.09. The molecule has 100 valence electrons. The number of nitriles is 1. The van der Waals surface area contributed by atoms with Gasteiger partial charge in [0.05, 0.1) is 11.6 Å². The van der Waals surface area contributed by atoms with Crippen LogP contribution in [0.15, 0.2) is 24.3 Å². The fraction of sp³-hybridized carbons (Fsp3) is 0.467. The smallest absolute Gasteiger partial charge is 0.251 e. The van der Waals surface area contributed by atoms with Crippen molar-refractivity contribution in [3.8, 4) is 6.07 Å². The second-order valence-electron chi connectivity index (χ2n) is 5.34. The number of hydrogen-bond donors (Lipinski definition) is 1. The quantitative estimate of drug-likeness (QED) is 0.894. The molecule has 1 fully saturated rings. The number of carbonyl (C=O) groups is 1. The minimum Gasteiger partial charge on any atom is -0.350 e. The van der Waals surface area contributed by atoms with Crippen LogP contribution < -0.4 is 5.32 Å². The first-order chi connectivity index (χ1) is 9.07. The Morgan fingerprint density at radius 1 is 1.37 bits per heavy atom. The summed E-state index contributed by atoms with van der Waals surface area (Å²) >= 11 is 0. The molecule has 0 unspecified atom stereocenters. The SMILES string of the molecule is CN(C)C1(CNC(=O)c2ccc(C#N)cc2)CCC1. The lowest BCUT2D eigenvalue weighted by molar-refractivity contribution is 0.0557. The second-order valence-corrected chi connectivity index (χ2v) is 5.34. The van der Waals surface area contributed by atoms with Gasteiger partial charge in [0.1, 0.15) is 0 Å². The van der Waals surface area contributed by atoms with E-state index >= 15 is 0 Å². The molecule has 1 saturated carbocycles. The van der Waals surface area contributed by atoms with Crippen LogP contribution in [-0.2, 0) is 0 Å². The van der Waals surface area contributed by atoms with Crippen LogP contribution in [0.3, 0.4) is 0 Å². The summed E-state index contributed by atoms with van der Waals surface area (Å²) in [5.41, 5.74) is 1.30. The lowest BCUT2D eigenvalue weighted by atomic mass is 9.75. The van der Waals surface area contributed by atoms with Crippen LogP contribution in [-0.4, -0.2) is 37.0 Å². The normalized spacial score (nSPS) is 16.5. The molecule has 0 spiro atoms. The highest BCUT2D eigenvalue weighted by Gasteiger charge is 2.39. The first-order valence-corrected chi connectivity index (χ1v) is 6.53. The summed E-state index contributed by atoms with van der Waals surface area (Å²) in [5.74, 6) is -0.0717. The summed E-state index contributed by atoms with van der Waals surface area (Å²) in [6, 6.07) is 8.76. The zero-order chi connectivity index (χ0) is 13.9. The van der Waals surface area contributed by atoms with E-state index in [9.17, 15) is 4.79 Å². The molecule has 0 bridgehead atoms. The van der Waals surface area contributed by atoms with Gasteiger partial charge in [0.2, 0.25) is 0 Å².